The van der Waals surface area contributed by atoms with Crippen molar-refractivity contribution >= 4 is 23.0 Å². The van der Waals surface area contributed by atoms with Gasteiger partial charge in [0.2, 0.25) is 0 Å². The minimum absolute atomic E-state index is 0.00486. The third kappa shape index (κ3) is 4.47. The number of hydrogen-bond acceptors (Lipinski definition) is 7. The third-order valence-corrected chi connectivity index (χ3v) is 4.67. The van der Waals surface area contributed by atoms with Gasteiger partial charge in [0.1, 0.15) is 5.69 Å². The molecule has 0 spiro atoms. The zero-order valence-electron chi connectivity index (χ0n) is 16.3. The maximum Gasteiger partial charge on any atom is 0.293 e. The molecule has 2 aromatic rings. The summed E-state index contributed by atoms with van der Waals surface area (Å²) in [4.78, 5) is 13.2. The van der Waals surface area contributed by atoms with Crippen LogP contribution in [-0.4, -0.2) is 45.4 Å². The van der Waals surface area contributed by atoms with Crippen molar-refractivity contribution in [3.63, 3.8) is 0 Å². The second-order valence-corrected chi connectivity index (χ2v) is 6.34. The lowest BCUT2D eigenvalue weighted by atomic mass is 10.0. The molecule has 0 amide bonds. The Morgan fingerprint density at radius 3 is 2.52 bits per heavy atom. The third-order valence-electron chi connectivity index (χ3n) is 4.67. The molecule has 0 aliphatic carbocycles. The van der Waals surface area contributed by atoms with Crippen LogP contribution in [0.2, 0.25) is 0 Å². The van der Waals surface area contributed by atoms with Crippen molar-refractivity contribution in [1.29, 1.82) is 5.26 Å². The van der Waals surface area contributed by atoms with Gasteiger partial charge in [0.05, 0.1) is 44.0 Å². The van der Waals surface area contributed by atoms with Crippen molar-refractivity contribution in [3.05, 3.63) is 57.6 Å². The number of rotatable bonds is 6. The number of nitriles is 1. The van der Waals surface area contributed by atoms with E-state index in [0.717, 1.165) is 0 Å². The summed E-state index contributed by atoms with van der Waals surface area (Å²) in [7, 11) is 3.05. The summed E-state index contributed by atoms with van der Waals surface area (Å²) in [6, 6.07) is 12.3. The Hall–Kier alpha value is -3.57. The molecule has 0 radical (unpaired) electrons. The molecule has 0 N–H and O–H groups in total. The quantitative estimate of drug-likeness (QED) is 0.319. The fourth-order valence-electron chi connectivity index (χ4n) is 3.20. The Bertz CT molecular complexity index is 975. The standard InChI is InChI=1S/C21H21N3O5/c1-27-20-6-4-16(13-21(20)28-2)17(14-22)11-15-3-5-18(19(12-15)24(25)26)23-7-9-29-10-8-23/h3-6,11-13H,7-10H2,1-2H3. The van der Waals surface area contributed by atoms with Gasteiger partial charge in [-0.15, -0.1) is 0 Å². The molecule has 1 saturated heterocycles. The normalized spacial score (nSPS) is 14.2. The van der Waals surface area contributed by atoms with Crippen LogP contribution in [0.15, 0.2) is 36.4 Å². The number of nitro groups is 1. The summed E-state index contributed by atoms with van der Waals surface area (Å²) in [6.07, 6.45) is 1.62. The average Bonchev–Trinajstić information content (AvgIpc) is 2.77. The lowest BCUT2D eigenvalue weighted by Gasteiger charge is -2.28. The fraction of sp³-hybridized carbons (Fsp3) is 0.286. The van der Waals surface area contributed by atoms with Gasteiger partial charge in [0.15, 0.2) is 11.5 Å². The van der Waals surface area contributed by atoms with Crippen LogP contribution in [0.3, 0.4) is 0 Å². The lowest BCUT2D eigenvalue weighted by molar-refractivity contribution is -0.384. The van der Waals surface area contributed by atoms with E-state index < -0.39 is 4.92 Å². The molecule has 0 unspecified atom stereocenters. The van der Waals surface area contributed by atoms with E-state index in [4.69, 9.17) is 14.2 Å². The molecule has 0 bridgehead atoms. The van der Waals surface area contributed by atoms with Crippen LogP contribution in [0.4, 0.5) is 11.4 Å². The first-order chi connectivity index (χ1) is 14.1. The van der Waals surface area contributed by atoms with Gasteiger partial charge in [-0.25, -0.2) is 0 Å². The second-order valence-electron chi connectivity index (χ2n) is 6.34. The number of benzene rings is 2. The zero-order valence-corrected chi connectivity index (χ0v) is 16.3. The highest BCUT2D eigenvalue weighted by Crippen LogP contribution is 2.33. The number of methoxy groups -OCH3 is 2. The molecule has 8 nitrogen and oxygen atoms in total. The van der Waals surface area contributed by atoms with Crippen LogP contribution >= 0.6 is 0 Å². The number of morpholine rings is 1. The van der Waals surface area contributed by atoms with Gasteiger partial charge in [-0.05, 0) is 41.5 Å². The SMILES string of the molecule is COc1ccc(C(C#N)=Cc2ccc(N3CCOCC3)c([N+](=O)[O-])c2)cc1OC. The molecule has 150 valence electrons. The van der Waals surface area contributed by atoms with Crippen molar-refractivity contribution in [2.75, 3.05) is 45.4 Å². The summed E-state index contributed by atoms with van der Waals surface area (Å²) >= 11 is 0. The second kappa shape index (κ2) is 9.08. The molecule has 1 fully saturated rings. The summed E-state index contributed by atoms with van der Waals surface area (Å²) in [5.41, 5.74) is 2.12. The molecule has 1 aliphatic heterocycles. The fourth-order valence-corrected chi connectivity index (χ4v) is 3.20. The number of hydrogen-bond donors (Lipinski definition) is 0. The number of nitrogens with zero attached hydrogens (tertiary/aromatic N) is 3. The highest BCUT2D eigenvalue weighted by atomic mass is 16.6. The van der Waals surface area contributed by atoms with E-state index in [1.54, 1.807) is 36.4 Å². The molecule has 8 heteroatoms. The first kappa shape index (κ1) is 20.2. The summed E-state index contributed by atoms with van der Waals surface area (Å²) in [6.45, 7) is 2.28. The van der Waals surface area contributed by atoms with Crippen molar-refractivity contribution in [2.45, 2.75) is 0 Å². The van der Waals surface area contributed by atoms with Gasteiger partial charge in [-0.2, -0.15) is 5.26 Å². The lowest BCUT2D eigenvalue weighted by Crippen LogP contribution is -2.36. The predicted molar refractivity (Wildman–Crippen MR) is 109 cm³/mol. The molecule has 1 aliphatic rings. The summed E-state index contributed by atoms with van der Waals surface area (Å²) in [5, 5.41) is 21.2. The summed E-state index contributed by atoms with van der Waals surface area (Å²) < 4.78 is 15.8. The summed E-state index contributed by atoms with van der Waals surface area (Å²) in [5.74, 6) is 1.05. The molecule has 0 saturated carbocycles. The predicted octanol–water partition coefficient (Wildman–Crippen LogP) is 3.51. The molecule has 3 rings (SSSR count). The molecule has 1 heterocycles. The van der Waals surface area contributed by atoms with E-state index in [9.17, 15) is 15.4 Å². The minimum atomic E-state index is -0.398. The zero-order chi connectivity index (χ0) is 20.8. The number of ether oxygens (including phenoxy) is 3. The Morgan fingerprint density at radius 2 is 1.90 bits per heavy atom. The molecular formula is C21H21N3O5. The van der Waals surface area contributed by atoms with E-state index in [0.29, 0.717) is 60.2 Å². The number of nitro benzene ring substituents is 1. The number of anilines is 1. The Kier molecular flexibility index (Phi) is 6.32. The van der Waals surface area contributed by atoms with E-state index in [1.807, 2.05) is 4.90 Å². The Morgan fingerprint density at radius 1 is 1.17 bits per heavy atom. The largest absolute Gasteiger partial charge is 0.493 e. The van der Waals surface area contributed by atoms with E-state index in [1.165, 1.54) is 20.3 Å². The van der Waals surface area contributed by atoms with Crippen LogP contribution in [-0.2, 0) is 4.74 Å². The first-order valence-corrected chi connectivity index (χ1v) is 9.02. The van der Waals surface area contributed by atoms with Gasteiger partial charge in [-0.3, -0.25) is 10.1 Å². The maximum absolute atomic E-state index is 11.6. The highest BCUT2D eigenvalue weighted by Gasteiger charge is 2.21. The average molecular weight is 395 g/mol. The molecular weight excluding hydrogens is 374 g/mol. The van der Waals surface area contributed by atoms with Crippen LogP contribution in [0.1, 0.15) is 11.1 Å². The van der Waals surface area contributed by atoms with E-state index in [-0.39, 0.29) is 5.69 Å². The number of allylic oxidation sites excluding steroid dienone is 1. The molecule has 0 aromatic heterocycles. The van der Waals surface area contributed by atoms with Crippen molar-refractivity contribution in [3.8, 4) is 17.6 Å². The maximum atomic E-state index is 11.6. The van der Waals surface area contributed by atoms with Crippen molar-refractivity contribution in [1.82, 2.24) is 0 Å². The van der Waals surface area contributed by atoms with E-state index in [2.05, 4.69) is 6.07 Å². The molecule has 2 aromatic carbocycles. The molecule has 29 heavy (non-hydrogen) atoms. The van der Waals surface area contributed by atoms with Gasteiger partial charge in [-0.1, -0.05) is 6.07 Å². The molecule has 0 atom stereocenters. The monoisotopic (exact) mass is 395 g/mol. The van der Waals surface area contributed by atoms with Gasteiger partial charge < -0.3 is 19.1 Å². The highest BCUT2D eigenvalue weighted by molar-refractivity contribution is 5.91. The smallest absolute Gasteiger partial charge is 0.293 e. The van der Waals surface area contributed by atoms with Crippen LogP contribution in [0.5, 0.6) is 11.5 Å². The van der Waals surface area contributed by atoms with Gasteiger partial charge in [0, 0.05) is 19.2 Å². The first-order valence-electron chi connectivity index (χ1n) is 9.02. The minimum Gasteiger partial charge on any atom is -0.493 e. The van der Waals surface area contributed by atoms with Crippen LogP contribution in [0.25, 0.3) is 11.6 Å². The van der Waals surface area contributed by atoms with Crippen molar-refractivity contribution < 1.29 is 19.1 Å². The van der Waals surface area contributed by atoms with Crippen molar-refractivity contribution in [2.24, 2.45) is 0 Å². The van der Waals surface area contributed by atoms with Crippen LogP contribution in [0, 0.1) is 21.4 Å². The van der Waals surface area contributed by atoms with E-state index >= 15 is 0 Å². The Balaban J connectivity index is 1.98. The topological polar surface area (TPSA) is 97.9 Å². The van der Waals surface area contributed by atoms with Gasteiger partial charge >= 0.3 is 0 Å². The van der Waals surface area contributed by atoms with Crippen LogP contribution < -0.4 is 14.4 Å². The van der Waals surface area contributed by atoms with Gasteiger partial charge in [0.25, 0.3) is 5.69 Å². The Labute approximate surface area is 168 Å².